The summed E-state index contributed by atoms with van der Waals surface area (Å²) in [4.78, 5) is 24.2. The molecule has 1 N–H and O–H groups in total. The van der Waals surface area contributed by atoms with E-state index in [0.29, 0.717) is 19.5 Å². The lowest BCUT2D eigenvalue weighted by Gasteiger charge is -2.28. The van der Waals surface area contributed by atoms with E-state index in [4.69, 9.17) is 9.40 Å². The van der Waals surface area contributed by atoms with Gasteiger partial charge in [-0.05, 0) is 37.9 Å². The number of fused-ring (bicyclic) bond motifs is 2. The molecule has 4 heterocycles. The van der Waals surface area contributed by atoms with Crippen molar-refractivity contribution in [1.29, 1.82) is 0 Å². The molecule has 3 aromatic rings. The summed E-state index contributed by atoms with van der Waals surface area (Å²) in [6.45, 7) is 4.36. The van der Waals surface area contributed by atoms with Gasteiger partial charge in [0.2, 0.25) is 5.91 Å². The first kappa shape index (κ1) is 17.4. The van der Waals surface area contributed by atoms with E-state index >= 15 is 0 Å². The molecule has 0 aliphatic carbocycles. The predicted molar refractivity (Wildman–Crippen MR) is 106 cm³/mol. The molecule has 0 radical (unpaired) electrons. The fourth-order valence-corrected chi connectivity index (χ4v) is 4.22. The summed E-state index contributed by atoms with van der Waals surface area (Å²) >= 11 is 0. The largest absolute Gasteiger partial charge is 0.464 e. The molecule has 2 aliphatic rings. The van der Waals surface area contributed by atoms with Gasteiger partial charge in [-0.3, -0.25) is 4.79 Å². The quantitative estimate of drug-likeness (QED) is 0.761. The highest BCUT2D eigenvalue weighted by molar-refractivity contribution is 5.88. The van der Waals surface area contributed by atoms with E-state index in [0.717, 1.165) is 58.6 Å². The van der Waals surface area contributed by atoms with Crippen LogP contribution in [0.15, 0.2) is 35.1 Å². The smallest absolute Gasteiger partial charge is 0.227 e. The minimum atomic E-state index is 0.121. The molecule has 1 unspecified atom stereocenters. The molecule has 1 aromatic carbocycles. The van der Waals surface area contributed by atoms with Gasteiger partial charge in [-0.25, -0.2) is 9.97 Å². The minimum absolute atomic E-state index is 0.121. The molecule has 0 bridgehead atoms. The van der Waals surface area contributed by atoms with Gasteiger partial charge in [-0.2, -0.15) is 0 Å². The Balaban J connectivity index is 1.30. The van der Waals surface area contributed by atoms with Crippen molar-refractivity contribution >= 4 is 16.9 Å². The maximum atomic E-state index is 12.9. The first-order chi connectivity index (χ1) is 13.7. The summed E-state index contributed by atoms with van der Waals surface area (Å²) in [5.74, 6) is 1.02. The normalized spacial score (nSPS) is 19.2. The van der Waals surface area contributed by atoms with E-state index in [2.05, 4.69) is 16.4 Å². The average molecular weight is 376 g/mol. The van der Waals surface area contributed by atoms with Crippen molar-refractivity contribution in [3.8, 4) is 0 Å². The Morgan fingerprint density at radius 2 is 2.32 bits per heavy atom. The van der Waals surface area contributed by atoms with Crippen LogP contribution in [0.25, 0.3) is 11.0 Å². The van der Waals surface area contributed by atoms with Crippen LogP contribution >= 0.6 is 0 Å². The van der Waals surface area contributed by atoms with Crippen LogP contribution in [0.4, 0.5) is 0 Å². The van der Waals surface area contributed by atoms with Crippen LogP contribution in [0.3, 0.4) is 0 Å². The van der Waals surface area contributed by atoms with Crippen molar-refractivity contribution in [2.75, 3.05) is 13.1 Å². The van der Waals surface area contributed by atoms with Crippen LogP contribution in [-0.2, 0) is 24.2 Å². The number of carbonyl (C=O) groups is 1. The zero-order valence-electron chi connectivity index (χ0n) is 16.1. The molecule has 1 atom stereocenters. The molecule has 6 heteroatoms. The molecule has 0 spiro atoms. The first-order valence-corrected chi connectivity index (χ1v) is 10.00. The van der Waals surface area contributed by atoms with Crippen LogP contribution in [0, 0.1) is 6.92 Å². The van der Waals surface area contributed by atoms with Gasteiger partial charge in [-0.1, -0.05) is 12.1 Å². The van der Waals surface area contributed by atoms with E-state index in [1.165, 1.54) is 6.42 Å². The lowest BCUT2D eigenvalue weighted by molar-refractivity contribution is -0.131. The summed E-state index contributed by atoms with van der Waals surface area (Å²) in [7, 11) is 0. The number of amides is 1. The van der Waals surface area contributed by atoms with Crippen LogP contribution in [-0.4, -0.2) is 33.9 Å². The zero-order valence-corrected chi connectivity index (χ0v) is 16.1. The minimum Gasteiger partial charge on any atom is -0.464 e. The van der Waals surface area contributed by atoms with Gasteiger partial charge in [0.25, 0.3) is 0 Å². The van der Waals surface area contributed by atoms with Crippen molar-refractivity contribution in [2.45, 2.75) is 45.2 Å². The number of aryl methyl sites for hydroxylation is 1. The Bertz CT molecular complexity index is 1040. The van der Waals surface area contributed by atoms with E-state index in [9.17, 15) is 4.79 Å². The molecule has 28 heavy (non-hydrogen) atoms. The number of benzene rings is 1. The molecule has 1 fully saturated rings. The maximum Gasteiger partial charge on any atom is 0.227 e. The van der Waals surface area contributed by atoms with E-state index in [1.807, 2.05) is 30.2 Å². The number of hydrogen-bond donors (Lipinski definition) is 1. The second kappa shape index (κ2) is 7.02. The Labute approximate surface area is 164 Å². The lowest BCUT2D eigenvalue weighted by Crippen LogP contribution is -2.37. The van der Waals surface area contributed by atoms with Gasteiger partial charge in [-0.15, -0.1) is 0 Å². The Morgan fingerprint density at radius 1 is 1.39 bits per heavy atom. The Morgan fingerprint density at radius 3 is 3.18 bits per heavy atom. The first-order valence-electron chi connectivity index (χ1n) is 10.00. The number of rotatable bonds is 3. The third-order valence-corrected chi connectivity index (χ3v) is 5.83. The van der Waals surface area contributed by atoms with Gasteiger partial charge >= 0.3 is 0 Å². The Kier molecular flexibility index (Phi) is 4.36. The fraction of sp³-hybridized carbons (Fsp3) is 0.409. The van der Waals surface area contributed by atoms with Crippen molar-refractivity contribution in [3.05, 3.63) is 58.9 Å². The molecular formula is C22H24N4O2. The summed E-state index contributed by atoms with van der Waals surface area (Å²) in [5, 5.41) is 4.47. The molecule has 144 valence electrons. The molecule has 6 nitrogen and oxygen atoms in total. The molecule has 1 saturated heterocycles. The molecule has 2 aromatic heterocycles. The van der Waals surface area contributed by atoms with E-state index in [1.54, 1.807) is 6.26 Å². The monoisotopic (exact) mass is 376 g/mol. The highest BCUT2D eigenvalue weighted by atomic mass is 16.3. The number of carbonyl (C=O) groups excluding carboxylic acids is 1. The second-order valence-corrected chi connectivity index (χ2v) is 7.85. The number of hydrogen-bond acceptors (Lipinski definition) is 5. The fourth-order valence-electron chi connectivity index (χ4n) is 4.22. The molecule has 0 saturated carbocycles. The standard InChI is InChI=1S/C22H24N4O2/c1-14-4-5-17-15(13-28-20(17)9-14)10-21(27)26-8-6-18-16(12-26)11-24-22(25-18)19-3-2-7-23-19/h4-5,9,11,13,19,23H,2-3,6-8,10,12H2,1H3. The maximum absolute atomic E-state index is 12.9. The highest BCUT2D eigenvalue weighted by Gasteiger charge is 2.25. The van der Waals surface area contributed by atoms with Gasteiger partial charge < -0.3 is 14.6 Å². The molecule has 2 aliphatic heterocycles. The zero-order chi connectivity index (χ0) is 19.1. The topological polar surface area (TPSA) is 71.3 Å². The van der Waals surface area contributed by atoms with E-state index < -0.39 is 0 Å². The molecular weight excluding hydrogens is 352 g/mol. The van der Waals surface area contributed by atoms with Gasteiger partial charge in [0.15, 0.2) is 0 Å². The summed E-state index contributed by atoms with van der Waals surface area (Å²) in [5.41, 5.74) is 5.10. The SMILES string of the molecule is Cc1ccc2c(CC(=O)N3CCc4nc(C5CCCN5)ncc4C3)coc2c1. The summed E-state index contributed by atoms with van der Waals surface area (Å²) in [6.07, 6.45) is 7.04. The van der Waals surface area contributed by atoms with Crippen LogP contribution < -0.4 is 5.32 Å². The van der Waals surface area contributed by atoms with Gasteiger partial charge in [0, 0.05) is 42.2 Å². The second-order valence-electron chi connectivity index (χ2n) is 7.85. The average Bonchev–Trinajstić information content (AvgIpc) is 3.37. The number of nitrogens with one attached hydrogen (secondary N) is 1. The van der Waals surface area contributed by atoms with Crippen molar-refractivity contribution < 1.29 is 9.21 Å². The summed E-state index contributed by atoms with van der Waals surface area (Å²) < 4.78 is 5.64. The van der Waals surface area contributed by atoms with Crippen LogP contribution in [0.2, 0.25) is 0 Å². The van der Waals surface area contributed by atoms with Crippen molar-refractivity contribution in [1.82, 2.24) is 20.2 Å². The number of nitrogens with zero attached hydrogens (tertiary/aromatic N) is 3. The lowest BCUT2D eigenvalue weighted by atomic mass is 10.0. The molecule has 1 amide bonds. The van der Waals surface area contributed by atoms with Gasteiger partial charge in [0.05, 0.1) is 24.4 Å². The van der Waals surface area contributed by atoms with E-state index in [-0.39, 0.29) is 11.9 Å². The molecule has 5 rings (SSSR count). The third-order valence-electron chi connectivity index (χ3n) is 5.83. The van der Waals surface area contributed by atoms with Gasteiger partial charge in [0.1, 0.15) is 11.4 Å². The van der Waals surface area contributed by atoms with Crippen LogP contribution in [0.5, 0.6) is 0 Å². The Hall–Kier alpha value is -2.73. The number of furan rings is 1. The third kappa shape index (κ3) is 3.18. The van der Waals surface area contributed by atoms with Crippen molar-refractivity contribution in [2.24, 2.45) is 0 Å². The van der Waals surface area contributed by atoms with Crippen LogP contribution in [0.1, 0.15) is 47.1 Å². The highest BCUT2D eigenvalue weighted by Crippen LogP contribution is 2.25. The predicted octanol–water partition coefficient (Wildman–Crippen LogP) is 3.08. The van der Waals surface area contributed by atoms with Crippen molar-refractivity contribution in [3.63, 3.8) is 0 Å². The summed E-state index contributed by atoms with van der Waals surface area (Å²) in [6, 6.07) is 6.38. The number of aromatic nitrogens is 2.